The lowest BCUT2D eigenvalue weighted by atomic mass is 10.2. The third kappa shape index (κ3) is 2.12. The number of aliphatic hydroxyl groups is 1. The second-order valence-electron chi connectivity index (χ2n) is 2.97. The van der Waals surface area contributed by atoms with Crippen molar-refractivity contribution >= 4 is 5.91 Å². The van der Waals surface area contributed by atoms with E-state index >= 15 is 0 Å². The van der Waals surface area contributed by atoms with Crippen LogP contribution in [-0.4, -0.2) is 41.3 Å². The maximum Gasteiger partial charge on any atom is 0.471 e. The molecule has 13 heavy (non-hydrogen) atoms. The number of amides is 1. The molecule has 0 aromatic heterocycles. The number of carbonyl (C=O) groups excluding carboxylic acids is 1. The Balaban J connectivity index is 2.66. The summed E-state index contributed by atoms with van der Waals surface area (Å²) >= 11 is 0. The second kappa shape index (κ2) is 3.53. The van der Waals surface area contributed by atoms with Crippen molar-refractivity contribution in [3.63, 3.8) is 0 Å². The van der Waals surface area contributed by atoms with Crippen LogP contribution in [0.15, 0.2) is 0 Å². The highest BCUT2D eigenvalue weighted by atomic mass is 19.4. The van der Waals surface area contributed by atoms with E-state index in [1.807, 2.05) is 0 Å². The van der Waals surface area contributed by atoms with Crippen LogP contribution in [0.4, 0.5) is 13.2 Å². The number of hydrogen-bond donors (Lipinski definition) is 1. The van der Waals surface area contributed by atoms with E-state index in [1.54, 1.807) is 0 Å². The fourth-order valence-electron chi connectivity index (χ4n) is 1.46. The summed E-state index contributed by atoms with van der Waals surface area (Å²) in [5.74, 6) is -1.84. The molecule has 0 bridgehead atoms. The normalized spacial score (nSPS) is 23.7. The van der Waals surface area contributed by atoms with Crippen LogP contribution >= 0.6 is 0 Å². The molecule has 1 atom stereocenters. The molecule has 0 aliphatic carbocycles. The van der Waals surface area contributed by atoms with Gasteiger partial charge in [0.15, 0.2) is 0 Å². The van der Waals surface area contributed by atoms with Gasteiger partial charge in [0.25, 0.3) is 0 Å². The average Bonchev–Trinajstić information content (AvgIpc) is 2.48. The predicted molar refractivity (Wildman–Crippen MR) is 37.9 cm³/mol. The number of rotatable bonds is 1. The minimum Gasteiger partial charge on any atom is -0.394 e. The quantitative estimate of drug-likeness (QED) is 0.666. The molecule has 1 saturated heterocycles. The molecule has 1 aliphatic rings. The molecular weight excluding hydrogens is 187 g/mol. The molecular formula is C7H10F3NO2. The van der Waals surface area contributed by atoms with Gasteiger partial charge in [0.05, 0.1) is 12.6 Å². The number of alkyl halides is 3. The van der Waals surface area contributed by atoms with Gasteiger partial charge < -0.3 is 10.0 Å². The summed E-state index contributed by atoms with van der Waals surface area (Å²) < 4.78 is 35.8. The lowest BCUT2D eigenvalue weighted by Gasteiger charge is -2.23. The predicted octanol–water partition coefficient (Wildman–Crippen LogP) is 0.532. The van der Waals surface area contributed by atoms with E-state index in [4.69, 9.17) is 5.11 Å². The van der Waals surface area contributed by atoms with Gasteiger partial charge in [-0.25, -0.2) is 0 Å². The number of aliphatic hydroxyl groups excluding tert-OH is 1. The molecule has 76 valence electrons. The van der Waals surface area contributed by atoms with Crippen molar-refractivity contribution in [2.24, 2.45) is 0 Å². The molecule has 0 spiro atoms. The van der Waals surface area contributed by atoms with Crippen molar-refractivity contribution in [3.8, 4) is 0 Å². The molecule has 1 aliphatic heterocycles. The average molecular weight is 197 g/mol. The Morgan fingerprint density at radius 2 is 2.15 bits per heavy atom. The zero-order valence-corrected chi connectivity index (χ0v) is 6.84. The summed E-state index contributed by atoms with van der Waals surface area (Å²) in [6.07, 6.45) is -3.86. The monoisotopic (exact) mass is 197 g/mol. The molecule has 0 aromatic rings. The topological polar surface area (TPSA) is 40.5 Å². The zero-order chi connectivity index (χ0) is 10.1. The molecule has 1 heterocycles. The first-order valence-corrected chi connectivity index (χ1v) is 3.95. The molecule has 1 amide bonds. The minimum atomic E-state index is -4.82. The van der Waals surface area contributed by atoms with E-state index < -0.39 is 24.7 Å². The number of carbonyl (C=O) groups is 1. The first-order valence-electron chi connectivity index (χ1n) is 3.95. The van der Waals surface area contributed by atoms with Gasteiger partial charge in [-0.15, -0.1) is 0 Å². The maximum atomic E-state index is 11.9. The summed E-state index contributed by atoms with van der Waals surface area (Å²) in [7, 11) is 0. The summed E-state index contributed by atoms with van der Waals surface area (Å²) in [4.78, 5) is 11.4. The molecule has 3 nitrogen and oxygen atoms in total. The van der Waals surface area contributed by atoms with Gasteiger partial charge in [0.2, 0.25) is 0 Å². The van der Waals surface area contributed by atoms with Crippen LogP contribution in [0.5, 0.6) is 0 Å². The Hall–Kier alpha value is -0.780. The van der Waals surface area contributed by atoms with Crippen molar-refractivity contribution in [1.29, 1.82) is 0 Å². The van der Waals surface area contributed by atoms with Crippen molar-refractivity contribution in [3.05, 3.63) is 0 Å². The molecule has 1 rings (SSSR count). The highest BCUT2D eigenvalue weighted by Gasteiger charge is 2.45. The second-order valence-corrected chi connectivity index (χ2v) is 2.97. The Bertz CT molecular complexity index is 204. The van der Waals surface area contributed by atoms with Gasteiger partial charge in [-0.05, 0) is 12.8 Å². The van der Waals surface area contributed by atoms with E-state index in [0.29, 0.717) is 17.7 Å². The number of hydrogen-bond acceptors (Lipinski definition) is 2. The molecule has 1 fully saturated rings. The maximum absolute atomic E-state index is 11.9. The van der Waals surface area contributed by atoms with Crippen LogP contribution in [0.1, 0.15) is 12.8 Å². The fraction of sp³-hybridized carbons (Fsp3) is 0.857. The van der Waals surface area contributed by atoms with E-state index in [-0.39, 0.29) is 6.54 Å². The lowest BCUT2D eigenvalue weighted by molar-refractivity contribution is -0.186. The summed E-state index contributed by atoms with van der Waals surface area (Å²) in [5, 5.41) is 8.69. The van der Waals surface area contributed by atoms with E-state index in [9.17, 15) is 18.0 Å². The largest absolute Gasteiger partial charge is 0.471 e. The minimum absolute atomic E-state index is 0.0869. The first kappa shape index (κ1) is 10.3. The number of halogens is 3. The zero-order valence-electron chi connectivity index (χ0n) is 6.84. The van der Waals surface area contributed by atoms with Crippen LogP contribution in [0.2, 0.25) is 0 Å². The summed E-state index contributed by atoms with van der Waals surface area (Å²) in [6, 6.07) is -0.658. The molecule has 1 unspecified atom stereocenters. The van der Waals surface area contributed by atoms with Gasteiger partial charge >= 0.3 is 12.1 Å². The third-order valence-corrected chi connectivity index (χ3v) is 2.09. The van der Waals surface area contributed by atoms with Crippen molar-refractivity contribution in [1.82, 2.24) is 4.90 Å². The van der Waals surface area contributed by atoms with Gasteiger partial charge in [-0.1, -0.05) is 0 Å². The van der Waals surface area contributed by atoms with Crippen LogP contribution in [-0.2, 0) is 4.79 Å². The van der Waals surface area contributed by atoms with E-state index in [2.05, 4.69) is 0 Å². The number of likely N-dealkylation sites (tertiary alicyclic amines) is 1. The summed E-state index contributed by atoms with van der Waals surface area (Å²) in [6.45, 7) is -0.314. The van der Waals surface area contributed by atoms with Crippen molar-refractivity contribution < 1.29 is 23.1 Å². The van der Waals surface area contributed by atoms with Crippen LogP contribution in [0, 0.1) is 0 Å². The number of nitrogens with zero attached hydrogens (tertiary/aromatic N) is 1. The standard InChI is InChI=1S/C7H10F3NO2/c8-7(9,10)6(13)11-3-1-2-5(11)4-12/h5,12H,1-4H2. The highest BCUT2D eigenvalue weighted by molar-refractivity contribution is 5.82. The van der Waals surface area contributed by atoms with E-state index in [1.165, 1.54) is 0 Å². The van der Waals surface area contributed by atoms with Crippen LogP contribution < -0.4 is 0 Å². The smallest absolute Gasteiger partial charge is 0.394 e. The Labute approximate surface area is 73.1 Å². The first-order chi connectivity index (χ1) is 5.96. The Kier molecular flexibility index (Phi) is 2.80. The van der Waals surface area contributed by atoms with Crippen LogP contribution in [0.25, 0.3) is 0 Å². The van der Waals surface area contributed by atoms with Gasteiger partial charge in [-0.3, -0.25) is 4.79 Å². The SMILES string of the molecule is O=C(N1CCCC1CO)C(F)(F)F. The molecule has 0 aromatic carbocycles. The molecule has 0 saturated carbocycles. The highest BCUT2D eigenvalue weighted by Crippen LogP contribution is 2.25. The Morgan fingerprint density at radius 3 is 2.62 bits per heavy atom. The van der Waals surface area contributed by atoms with Gasteiger partial charge in [0.1, 0.15) is 0 Å². The van der Waals surface area contributed by atoms with Crippen molar-refractivity contribution in [2.75, 3.05) is 13.2 Å². The van der Waals surface area contributed by atoms with Gasteiger partial charge in [-0.2, -0.15) is 13.2 Å². The molecule has 1 N–H and O–H groups in total. The lowest BCUT2D eigenvalue weighted by Crippen LogP contribution is -2.45. The third-order valence-electron chi connectivity index (χ3n) is 2.09. The summed E-state index contributed by atoms with van der Waals surface area (Å²) in [5.41, 5.74) is 0. The van der Waals surface area contributed by atoms with Crippen LogP contribution in [0.3, 0.4) is 0 Å². The van der Waals surface area contributed by atoms with Crippen molar-refractivity contribution in [2.45, 2.75) is 25.1 Å². The van der Waals surface area contributed by atoms with Gasteiger partial charge in [0, 0.05) is 6.54 Å². The fourth-order valence-corrected chi connectivity index (χ4v) is 1.46. The molecule has 6 heteroatoms. The Morgan fingerprint density at radius 1 is 1.54 bits per heavy atom. The van der Waals surface area contributed by atoms with E-state index in [0.717, 1.165) is 0 Å². The molecule has 0 radical (unpaired) electrons.